The van der Waals surface area contributed by atoms with Crippen molar-refractivity contribution in [3.63, 3.8) is 0 Å². The number of carbonyl (C=O) groups is 1. The van der Waals surface area contributed by atoms with Crippen LogP contribution in [0.25, 0.3) is 0 Å². The highest BCUT2D eigenvalue weighted by molar-refractivity contribution is 6.76. The van der Waals surface area contributed by atoms with Gasteiger partial charge in [0, 0.05) is 26.6 Å². The molecule has 1 aliphatic rings. The molecule has 0 bridgehead atoms. The minimum atomic E-state index is -4.48. The summed E-state index contributed by atoms with van der Waals surface area (Å²) in [4.78, 5) is 13.6. The SMILES string of the molecule is C[Si](C)(C)CC[C@H](c1ccc(C(F)(F)F)cc1)N1CC[C@@H](CC(=O)O)C[C@H]1c1ccc(C(F)(F)F)cc1. The van der Waals surface area contributed by atoms with E-state index in [1.807, 2.05) is 0 Å². The van der Waals surface area contributed by atoms with E-state index in [2.05, 4.69) is 24.5 Å². The quantitative estimate of drug-likeness (QED) is 0.267. The topological polar surface area (TPSA) is 40.5 Å². The van der Waals surface area contributed by atoms with Crippen LogP contribution in [-0.2, 0) is 17.1 Å². The minimum absolute atomic E-state index is 0.0369. The molecule has 1 fully saturated rings. The third kappa shape index (κ3) is 8.07. The number of likely N-dealkylation sites (tertiary alicyclic amines) is 1. The van der Waals surface area contributed by atoms with Crippen molar-refractivity contribution in [3.05, 3.63) is 70.8 Å². The molecule has 1 N–H and O–H groups in total. The molecule has 1 saturated heterocycles. The number of hydrogen-bond donors (Lipinski definition) is 1. The number of halogens is 6. The van der Waals surface area contributed by atoms with Crippen LogP contribution in [0.5, 0.6) is 0 Å². The van der Waals surface area contributed by atoms with Gasteiger partial charge in [-0.25, -0.2) is 0 Å². The van der Waals surface area contributed by atoms with Crippen LogP contribution >= 0.6 is 0 Å². The lowest BCUT2D eigenvalue weighted by molar-refractivity contribution is -0.139. The first-order valence-corrected chi connectivity index (χ1v) is 16.1. The van der Waals surface area contributed by atoms with E-state index in [0.29, 0.717) is 31.4 Å². The van der Waals surface area contributed by atoms with Crippen molar-refractivity contribution in [1.82, 2.24) is 4.90 Å². The third-order valence-electron chi connectivity index (χ3n) is 7.03. The molecule has 204 valence electrons. The number of hydrogen-bond acceptors (Lipinski definition) is 2. The monoisotopic (exact) mass is 545 g/mol. The van der Waals surface area contributed by atoms with Gasteiger partial charge in [0.15, 0.2) is 0 Å². The molecule has 0 radical (unpaired) electrons. The first-order chi connectivity index (χ1) is 17.0. The molecule has 10 heteroatoms. The van der Waals surface area contributed by atoms with Gasteiger partial charge in [0.05, 0.1) is 11.1 Å². The van der Waals surface area contributed by atoms with Gasteiger partial charge < -0.3 is 5.11 Å². The Morgan fingerprint density at radius 3 is 1.92 bits per heavy atom. The zero-order chi connectivity index (χ0) is 27.6. The Hall–Kier alpha value is -2.33. The van der Waals surface area contributed by atoms with Crippen LogP contribution in [0, 0.1) is 5.92 Å². The van der Waals surface area contributed by atoms with Crippen LogP contribution in [0.1, 0.15) is 60.0 Å². The summed E-state index contributed by atoms with van der Waals surface area (Å²) in [6.07, 6.45) is -7.23. The van der Waals surface area contributed by atoms with Gasteiger partial charge in [-0.3, -0.25) is 9.69 Å². The van der Waals surface area contributed by atoms with Crippen molar-refractivity contribution in [2.75, 3.05) is 6.54 Å². The molecule has 3 atom stereocenters. The van der Waals surface area contributed by atoms with E-state index in [4.69, 9.17) is 0 Å². The lowest BCUT2D eigenvalue weighted by Crippen LogP contribution is -2.40. The van der Waals surface area contributed by atoms with E-state index in [9.17, 15) is 36.2 Å². The number of rotatable bonds is 8. The van der Waals surface area contributed by atoms with Crippen LogP contribution in [0.15, 0.2) is 48.5 Å². The average Bonchev–Trinajstić information content (AvgIpc) is 2.78. The molecular formula is C27H33F6NO2Si. The summed E-state index contributed by atoms with van der Waals surface area (Å²) < 4.78 is 79.1. The molecule has 1 aliphatic heterocycles. The fraction of sp³-hybridized carbons (Fsp3) is 0.519. The summed E-state index contributed by atoms with van der Waals surface area (Å²) >= 11 is 0. The number of benzene rings is 2. The molecule has 3 rings (SSSR count). The Morgan fingerprint density at radius 1 is 0.946 bits per heavy atom. The second-order valence-corrected chi connectivity index (χ2v) is 16.7. The molecule has 37 heavy (non-hydrogen) atoms. The fourth-order valence-electron chi connectivity index (χ4n) is 5.07. The number of carboxylic acids is 1. The van der Waals surface area contributed by atoms with Crippen LogP contribution in [0.2, 0.25) is 25.7 Å². The van der Waals surface area contributed by atoms with Crippen molar-refractivity contribution in [3.8, 4) is 0 Å². The maximum atomic E-state index is 13.2. The molecular weight excluding hydrogens is 512 g/mol. The summed E-state index contributed by atoms with van der Waals surface area (Å²) in [6, 6.07) is 10.4. The molecule has 0 spiro atoms. The Bertz CT molecular complexity index is 1050. The van der Waals surface area contributed by atoms with Crippen LogP contribution < -0.4 is 0 Å². The summed E-state index contributed by atoms with van der Waals surface area (Å²) in [6.45, 7) is 7.14. The van der Waals surface area contributed by atoms with Gasteiger partial charge in [0.25, 0.3) is 0 Å². The standard InChI is InChI=1S/C27H33F6NO2Si/c1-37(2,3)15-13-23(19-4-8-21(9-5-19)26(28,29)30)34-14-12-18(17-25(35)36)16-24(34)20-6-10-22(11-7-20)27(31,32)33/h4-11,18,23-24H,12-17H2,1-3H3,(H,35,36)/t18-,23-,24+/m1/s1. The average molecular weight is 546 g/mol. The minimum Gasteiger partial charge on any atom is -0.481 e. The van der Waals surface area contributed by atoms with Crippen molar-refractivity contribution in [2.24, 2.45) is 5.92 Å². The van der Waals surface area contributed by atoms with E-state index in [-0.39, 0.29) is 24.4 Å². The van der Waals surface area contributed by atoms with E-state index in [1.165, 1.54) is 24.3 Å². The van der Waals surface area contributed by atoms with Crippen LogP contribution in [-0.4, -0.2) is 30.6 Å². The van der Waals surface area contributed by atoms with Gasteiger partial charge in [-0.2, -0.15) is 26.3 Å². The second-order valence-electron chi connectivity index (χ2n) is 11.1. The van der Waals surface area contributed by atoms with E-state index >= 15 is 0 Å². The summed E-state index contributed by atoms with van der Waals surface area (Å²) in [5, 5.41) is 9.34. The number of aliphatic carboxylic acids is 1. The molecule has 0 unspecified atom stereocenters. The van der Waals surface area contributed by atoms with Gasteiger partial charge in [-0.05, 0) is 67.1 Å². The molecule has 2 aromatic rings. The van der Waals surface area contributed by atoms with Gasteiger partial charge in [0.1, 0.15) is 0 Å². The van der Waals surface area contributed by atoms with Gasteiger partial charge in [-0.15, -0.1) is 0 Å². The first-order valence-electron chi connectivity index (χ1n) is 12.4. The number of alkyl halides is 6. The van der Waals surface area contributed by atoms with Crippen molar-refractivity contribution >= 4 is 14.0 Å². The second kappa shape index (κ2) is 11.2. The Kier molecular flexibility index (Phi) is 8.84. The maximum Gasteiger partial charge on any atom is 0.416 e. The highest BCUT2D eigenvalue weighted by atomic mass is 28.3. The lowest BCUT2D eigenvalue weighted by Gasteiger charge is -2.45. The molecule has 3 nitrogen and oxygen atoms in total. The van der Waals surface area contributed by atoms with Crippen LogP contribution in [0.4, 0.5) is 26.3 Å². The van der Waals surface area contributed by atoms with Gasteiger partial charge in [-0.1, -0.05) is 50.0 Å². The largest absolute Gasteiger partial charge is 0.481 e. The number of nitrogens with zero attached hydrogens (tertiary/aromatic N) is 1. The first kappa shape index (κ1) is 29.2. The summed E-state index contributed by atoms with van der Waals surface area (Å²) in [7, 11) is -1.53. The maximum absolute atomic E-state index is 13.2. The normalized spacial score (nSPS) is 20.6. The smallest absolute Gasteiger partial charge is 0.416 e. The van der Waals surface area contributed by atoms with Crippen molar-refractivity contribution < 1.29 is 36.2 Å². The molecule has 2 aromatic carbocycles. The molecule has 0 aromatic heterocycles. The van der Waals surface area contributed by atoms with Gasteiger partial charge >= 0.3 is 18.3 Å². The Labute approximate surface area is 214 Å². The number of carboxylic acid groups (broad SMARTS) is 1. The highest BCUT2D eigenvalue weighted by Gasteiger charge is 2.37. The predicted molar refractivity (Wildman–Crippen MR) is 133 cm³/mol. The van der Waals surface area contributed by atoms with Crippen molar-refractivity contribution in [2.45, 2.75) is 75.8 Å². The molecule has 0 saturated carbocycles. The third-order valence-corrected chi connectivity index (χ3v) is 8.82. The van der Waals surface area contributed by atoms with Crippen LogP contribution in [0.3, 0.4) is 0 Å². The molecule has 1 heterocycles. The summed E-state index contributed by atoms with van der Waals surface area (Å²) in [5.41, 5.74) is -0.133. The molecule has 0 amide bonds. The highest BCUT2D eigenvalue weighted by Crippen LogP contribution is 2.44. The lowest BCUT2D eigenvalue weighted by atomic mass is 9.83. The van der Waals surface area contributed by atoms with E-state index in [1.54, 1.807) is 0 Å². The zero-order valence-electron chi connectivity index (χ0n) is 21.2. The fourth-order valence-corrected chi connectivity index (χ4v) is 6.21. The van der Waals surface area contributed by atoms with E-state index in [0.717, 1.165) is 35.9 Å². The van der Waals surface area contributed by atoms with Crippen molar-refractivity contribution in [1.29, 1.82) is 0 Å². The molecule has 0 aliphatic carbocycles. The summed E-state index contributed by atoms with van der Waals surface area (Å²) in [5.74, 6) is -1.08. The Balaban J connectivity index is 2.01. The number of piperidine rings is 1. The zero-order valence-corrected chi connectivity index (χ0v) is 22.2. The van der Waals surface area contributed by atoms with E-state index < -0.39 is 37.5 Å². The van der Waals surface area contributed by atoms with Gasteiger partial charge in [0.2, 0.25) is 0 Å². The Morgan fingerprint density at radius 2 is 1.46 bits per heavy atom. The predicted octanol–water partition coefficient (Wildman–Crippen LogP) is 8.42.